The van der Waals surface area contributed by atoms with Gasteiger partial charge in [0, 0.05) is 34.4 Å². The highest BCUT2D eigenvalue weighted by atomic mass is 16.5. The van der Waals surface area contributed by atoms with E-state index in [1.807, 2.05) is 31.2 Å². The zero-order chi connectivity index (χ0) is 31.3. The third-order valence-corrected chi connectivity index (χ3v) is 11.1. The molecule has 236 valence electrons. The van der Waals surface area contributed by atoms with Crippen LogP contribution in [0.3, 0.4) is 0 Å². The van der Waals surface area contributed by atoms with E-state index in [1.54, 1.807) is 6.07 Å². The molecule has 0 radical (unpaired) electrons. The van der Waals surface area contributed by atoms with Gasteiger partial charge in [0.1, 0.15) is 23.7 Å². The molecule has 2 aromatic rings. The maximum Gasteiger partial charge on any atom is 0.165 e. The molecule has 5 aliphatic rings. The monoisotopic (exact) mass is 599 g/mol. The summed E-state index contributed by atoms with van der Waals surface area (Å²) in [5.41, 5.74) is 6.40. The lowest BCUT2D eigenvalue weighted by molar-refractivity contribution is -0.0453. The van der Waals surface area contributed by atoms with Gasteiger partial charge in [-0.15, -0.1) is 0 Å². The average Bonchev–Trinajstić information content (AvgIpc) is 3.34. The summed E-state index contributed by atoms with van der Waals surface area (Å²) in [4.78, 5) is 2.43. The van der Waals surface area contributed by atoms with Gasteiger partial charge in [-0.25, -0.2) is 0 Å². The summed E-state index contributed by atoms with van der Waals surface area (Å²) in [7, 11) is 2.19. The van der Waals surface area contributed by atoms with Crippen LogP contribution in [0.2, 0.25) is 0 Å². The molecule has 44 heavy (non-hydrogen) atoms. The minimum atomic E-state index is -0.594. The predicted octanol–water partition coefficient (Wildman–Crippen LogP) is 7.04. The van der Waals surface area contributed by atoms with E-state index < -0.39 is 6.10 Å². The van der Waals surface area contributed by atoms with Gasteiger partial charge in [-0.1, -0.05) is 61.8 Å². The van der Waals surface area contributed by atoms with E-state index in [4.69, 9.17) is 4.74 Å². The van der Waals surface area contributed by atoms with E-state index in [9.17, 15) is 20.4 Å². The zero-order valence-corrected chi connectivity index (χ0v) is 26.7. The first-order valence-corrected chi connectivity index (χ1v) is 16.5. The summed E-state index contributed by atoms with van der Waals surface area (Å²) in [6, 6.07) is 7.89. The lowest BCUT2D eigenvalue weighted by Gasteiger charge is -2.56. The number of nitrogens with zero attached hydrogens (tertiary/aromatic N) is 1. The number of piperidine rings is 1. The van der Waals surface area contributed by atoms with Gasteiger partial charge in [0.2, 0.25) is 0 Å². The molecular weight excluding hydrogens is 550 g/mol. The van der Waals surface area contributed by atoms with Crippen LogP contribution in [0, 0.1) is 11.8 Å². The predicted molar refractivity (Wildman–Crippen MR) is 175 cm³/mol. The van der Waals surface area contributed by atoms with Crippen molar-refractivity contribution in [2.75, 3.05) is 13.6 Å². The second-order valence-electron chi connectivity index (χ2n) is 14.0. The van der Waals surface area contributed by atoms with Crippen molar-refractivity contribution in [3.05, 3.63) is 82.5 Å². The number of aromatic hydroxyl groups is 3. The molecular formula is C38H49NO5. The second kappa shape index (κ2) is 11.9. The van der Waals surface area contributed by atoms with Gasteiger partial charge in [-0.05, 0) is 101 Å². The smallest absolute Gasteiger partial charge is 0.165 e. The van der Waals surface area contributed by atoms with E-state index in [-0.39, 0.29) is 40.6 Å². The quantitative estimate of drug-likeness (QED) is 0.210. The van der Waals surface area contributed by atoms with Crippen LogP contribution >= 0.6 is 0 Å². The maximum absolute atomic E-state index is 10.5. The number of ether oxygens (including phenoxy) is 1. The number of aliphatic hydroxyl groups excluding tert-OH is 1. The Balaban J connectivity index is 0.000000156. The number of hydrogen-bond donors (Lipinski definition) is 4. The molecule has 1 saturated heterocycles. The fourth-order valence-corrected chi connectivity index (χ4v) is 8.89. The van der Waals surface area contributed by atoms with Gasteiger partial charge < -0.3 is 30.1 Å². The van der Waals surface area contributed by atoms with Gasteiger partial charge in [0.05, 0.1) is 0 Å². The molecule has 2 heterocycles. The molecule has 1 spiro atoms. The van der Waals surface area contributed by atoms with Crippen molar-refractivity contribution < 1.29 is 25.2 Å². The molecule has 0 aromatic heterocycles. The molecule has 1 fully saturated rings. The number of likely N-dealkylation sites (tertiary alicyclic amines) is 1. The SMILES string of the molecule is C=C(C)[C@@H]1CCC(C)=C[C@H]1c1c(O)cc(CCCCC)cc1O.CN1CC[C@]23c4c5ccc(O)c4O[C@H]2[C@@H](O)C=C[C@H]3[C@H]1C5. The van der Waals surface area contributed by atoms with Crippen molar-refractivity contribution in [2.45, 2.75) is 102 Å². The van der Waals surface area contributed by atoms with Gasteiger partial charge in [0.15, 0.2) is 11.5 Å². The number of likely N-dealkylation sites (N-methyl/N-ethyl adjacent to an activating group) is 1. The number of allylic oxidation sites excluding steroid dienone is 3. The highest BCUT2D eigenvalue weighted by molar-refractivity contribution is 5.61. The fraction of sp³-hybridized carbons (Fsp3) is 0.526. The van der Waals surface area contributed by atoms with Crippen LogP contribution in [0.25, 0.3) is 0 Å². The maximum atomic E-state index is 10.5. The molecule has 2 aliphatic heterocycles. The Labute approximate surface area is 262 Å². The molecule has 2 bridgehead atoms. The molecule has 4 N–H and O–H groups in total. The molecule has 6 heteroatoms. The van der Waals surface area contributed by atoms with Crippen LogP contribution in [0.4, 0.5) is 0 Å². The van der Waals surface area contributed by atoms with Crippen molar-refractivity contribution in [2.24, 2.45) is 11.8 Å². The molecule has 3 aliphatic carbocycles. The molecule has 6 nitrogen and oxygen atoms in total. The first-order chi connectivity index (χ1) is 21.1. The van der Waals surface area contributed by atoms with Crippen molar-refractivity contribution in [3.8, 4) is 23.0 Å². The van der Waals surface area contributed by atoms with Crippen LogP contribution in [0.15, 0.2) is 60.2 Å². The fourth-order valence-electron chi connectivity index (χ4n) is 8.89. The van der Waals surface area contributed by atoms with Crippen molar-refractivity contribution >= 4 is 0 Å². The van der Waals surface area contributed by atoms with Crippen LogP contribution < -0.4 is 4.74 Å². The Kier molecular flexibility index (Phi) is 8.36. The van der Waals surface area contributed by atoms with Gasteiger partial charge >= 0.3 is 0 Å². The number of aliphatic hydroxyl groups is 1. The Morgan fingerprint density at radius 1 is 1.09 bits per heavy atom. The first kappa shape index (κ1) is 30.8. The van der Waals surface area contributed by atoms with Crippen molar-refractivity contribution in [1.82, 2.24) is 4.90 Å². The third kappa shape index (κ3) is 5.04. The highest BCUT2D eigenvalue weighted by Gasteiger charge is 2.64. The Morgan fingerprint density at radius 2 is 1.84 bits per heavy atom. The molecule has 7 rings (SSSR count). The Bertz CT molecular complexity index is 1470. The summed E-state index contributed by atoms with van der Waals surface area (Å²) in [5, 5.41) is 41.7. The normalized spacial score (nSPS) is 31.3. The minimum absolute atomic E-state index is 0.0194. The molecule has 0 saturated carbocycles. The second-order valence-corrected chi connectivity index (χ2v) is 14.0. The average molecular weight is 600 g/mol. The lowest BCUT2D eigenvalue weighted by Crippen LogP contribution is -2.64. The van der Waals surface area contributed by atoms with E-state index in [1.165, 1.54) is 29.5 Å². The summed E-state index contributed by atoms with van der Waals surface area (Å²) in [5.74, 6) is 1.93. The van der Waals surface area contributed by atoms with Crippen molar-refractivity contribution in [1.29, 1.82) is 0 Å². The summed E-state index contributed by atoms with van der Waals surface area (Å²) >= 11 is 0. The van der Waals surface area contributed by atoms with Crippen LogP contribution in [-0.2, 0) is 18.3 Å². The van der Waals surface area contributed by atoms with Crippen LogP contribution in [-0.4, -0.2) is 57.2 Å². The number of unbranched alkanes of at least 4 members (excludes halogenated alkanes) is 2. The molecule has 7 atom stereocenters. The zero-order valence-electron chi connectivity index (χ0n) is 26.7. The summed E-state index contributed by atoms with van der Waals surface area (Å²) in [6.07, 6.45) is 13.8. The Morgan fingerprint density at radius 3 is 2.55 bits per heavy atom. The van der Waals surface area contributed by atoms with E-state index in [0.717, 1.165) is 56.2 Å². The molecule has 0 amide bonds. The van der Waals surface area contributed by atoms with Gasteiger partial charge in [-0.2, -0.15) is 0 Å². The minimum Gasteiger partial charge on any atom is -0.507 e. The number of rotatable bonds is 6. The van der Waals surface area contributed by atoms with Gasteiger partial charge in [-0.3, -0.25) is 0 Å². The summed E-state index contributed by atoms with van der Waals surface area (Å²) in [6.45, 7) is 11.5. The van der Waals surface area contributed by atoms with Gasteiger partial charge in [0.25, 0.3) is 0 Å². The van der Waals surface area contributed by atoms with Crippen molar-refractivity contribution in [3.63, 3.8) is 0 Å². The largest absolute Gasteiger partial charge is 0.507 e. The van der Waals surface area contributed by atoms with E-state index in [2.05, 4.69) is 44.5 Å². The summed E-state index contributed by atoms with van der Waals surface area (Å²) < 4.78 is 6.09. The van der Waals surface area contributed by atoms with Crippen LogP contribution in [0.5, 0.6) is 23.0 Å². The molecule has 0 unspecified atom stereocenters. The Hall–Kier alpha value is -3.22. The first-order valence-electron chi connectivity index (χ1n) is 16.5. The van der Waals surface area contributed by atoms with Crippen LogP contribution in [0.1, 0.15) is 87.5 Å². The number of phenols is 3. The topological polar surface area (TPSA) is 93.4 Å². The number of benzene rings is 2. The van der Waals surface area contributed by atoms with E-state index in [0.29, 0.717) is 23.3 Å². The number of aryl methyl sites for hydroxylation is 1. The lowest BCUT2D eigenvalue weighted by atomic mass is 9.53. The number of hydrogen-bond acceptors (Lipinski definition) is 6. The third-order valence-electron chi connectivity index (χ3n) is 11.1. The molecule has 2 aromatic carbocycles. The highest BCUT2D eigenvalue weighted by Crippen LogP contribution is 2.62. The number of phenolic OH excluding ortho intramolecular Hbond substituents is 3. The standard InChI is InChI=1S/C21H30O2.C17H19NO3/c1-5-6-7-8-16-12-19(22)21(20(23)13-16)18-11-15(4)9-10-17(18)14(2)3;1-18-7-6-17-10-3-5-13(20)16(17)21-15-12(19)4-2-9(14(15)17)8-11(10)18/h11-13,17-18,22-23H,2,5-10H2,1,3-4H3;2-5,10-11,13,16,19-20H,6-8H2,1H3/t17-,18+;10-,11+,13-,16-,17-/m00/s1. The van der Waals surface area contributed by atoms with E-state index >= 15 is 0 Å².